The summed E-state index contributed by atoms with van der Waals surface area (Å²) in [6.07, 6.45) is 1.11. The van der Waals surface area contributed by atoms with Gasteiger partial charge in [-0.3, -0.25) is 9.78 Å². The summed E-state index contributed by atoms with van der Waals surface area (Å²) in [7, 11) is 3.52. The largest absolute Gasteiger partial charge is 0.378 e. The van der Waals surface area contributed by atoms with Gasteiger partial charge in [0.25, 0.3) is 5.91 Å². The van der Waals surface area contributed by atoms with Crippen molar-refractivity contribution in [2.45, 2.75) is 12.1 Å². The number of carbonyl (C=O) groups is 1. The minimum absolute atomic E-state index is 0.0700. The van der Waals surface area contributed by atoms with E-state index in [1.165, 1.54) is 12.3 Å². The number of methoxy groups -OCH3 is 1. The lowest BCUT2D eigenvalue weighted by Crippen LogP contribution is -2.43. The molecule has 2 aromatic carbocycles. The van der Waals surface area contributed by atoms with Crippen molar-refractivity contribution in [2.75, 3.05) is 27.2 Å². The van der Waals surface area contributed by atoms with Crippen molar-refractivity contribution < 1.29 is 22.7 Å². The zero-order valence-electron chi connectivity index (χ0n) is 16.8. The topological polar surface area (TPSA) is 54.5 Å². The van der Waals surface area contributed by atoms with Crippen LogP contribution < -0.4 is 5.32 Å². The maximum absolute atomic E-state index is 14.4. The lowest BCUT2D eigenvalue weighted by molar-refractivity contribution is 0.0766. The van der Waals surface area contributed by atoms with Crippen LogP contribution in [0.25, 0.3) is 22.0 Å². The van der Waals surface area contributed by atoms with Gasteiger partial charge in [-0.05, 0) is 19.2 Å². The molecule has 0 saturated carbocycles. The Bertz CT molecular complexity index is 1150. The van der Waals surface area contributed by atoms with Gasteiger partial charge < -0.3 is 15.0 Å². The number of nitrogens with zero attached hydrogens (tertiary/aromatic N) is 2. The fourth-order valence-corrected chi connectivity index (χ4v) is 4.12. The van der Waals surface area contributed by atoms with Crippen LogP contribution in [0.15, 0.2) is 36.5 Å². The van der Waals surface area contributed by atoms with Crippen LogP contribution >= 0.6 is 11.6 Å². The number of rotatable bonds is 4. The Balaban J connectivity index is 1.77. The van der Waals surface area contributed by atoms with Crippen LogP contribution in [0.2, 0.25) is 5.02 Å². The number of hydrogen-bond donors (Lipinski definition) is 1. The van der Waals surface area contributed by atoms with Crippen molar-refractivity contribution in [1.29, 1.82) is 0 Å². The monoisotopic (exact) mass is 449 g/mol. The second-order valence-electron chi connectivity index (χ2n) is 7.53. The number of fused-ring (bicyclic) bond motifs is 1. The predicted molar refractivity (Wildman–Crippen MR) is 112 cm³/mol. The third kappa shape index (κ3) is 4.11. The molecule has 1 N–H and O–H groups in total. The summed E-state index contributed by atoms with van der Waals surface area (Å²) in [5.74, 6) is -3.60. The highest BCUT2D eigenvalue weighted by Gasteiger charge is 2.32. The summed E-state index contributed by atoms with van der Waals surface area (Å²) in [6, 6.07) is 5.59. The van der Waals surface area contributed by atoms with E-state index in [9.17, 15) is 18.0 Å². The van der Waals surface area contributed by atoms with Gasteiger partial charge in [0.15, 0.2) is 0 Å². The molecule has 1 amide bonds. The molecule has 1 aromatic heterocycles. The first-order valence-corrected chi connectivity index (χ1v) is 9.91. The SMILES string of the molecule is CO[C@H]1CN(C)C[C@@H]1NC(=O)c1ccc2c(Cl)cnc(-c3c(F)cc(F)cc3F)c2c1. The van der Waals surface area contributed by atoms with Crippen LogP contribution in [-0.2, 0) is 4.74 Å². The molecule has 0 aliphatic carbocycles. The van der Waals surface area contributed by atoms with Crippen molar-refractivity contribution in [1.82, 2.24) is 15.2 Å². The summed E-state index contributed by atoms with van der Waals surface area (Å²) in [5, 5.41) is 3.93. The number of carbonyl (C=O) groups excluding carboxylic acids is 1. The van der Waals surface area contributed by atoms with Crippen molar-refractivity contribution in [3.05, 3.63) is 64.6 Å². The average molecular weight is 450 g/mol. The zero-order chi connectivity index (χ0) is 22.3. The molecule has 3 aromatic rings. The van der Waals surface area contributed by atoms with Gasteiger partial charge in [-0.15, -0.1) is 0 Å². The molecule has 0 radical (unpaired) electrons. The van der Waals surface area contributed by atoms with Crippen LogP contribution in [0, 0.1) is 17.5 Å². The summed E-state index contributed by atoms with van der Waals surface area (Å²) >= 11 is 6.21. The van der Waals surface area contributed by atoms with Crippen LogP contribution in [-0.4, -0.2) is 55.2 Å². The summed E-state index contributed by atoms with van der Waals surface area (Å²) in [6.45, 7) is 1.31. The van der Waals surface area contributed by atoms with E-state index < -0.39 is 23.0 Å². The second-order valence-corrected chi connectivity index (χ2v) is 7.94. The maximum Gasteiger partial charge on any atom is 0.251 e. The number of halogens is 4. The number of benzene rings is 2. The Labute approximate surface area is 181 Å². The highest BCUT2D eigenvalue weighted by molar-refractivity contribution is 6.35. The van der Waals surface area contributed by atoms with Gasteiger partial charge in [0, 0.05) is 54.9 Å². The molecule has 1 aliphatic heterocycles. The number of ether oxygens (including phenoxy) is 1. The molecule has 0 unspecified atom stereocenters. The van der Waals surface area contributed by atoms with E-state index in [1.54, 1.807) is 19.2 Å². The van der Waals surface area contributed by atoms with E-state index in [0.29, 0.717) is 30.6 Å². The van der Waals surface area contributed by atoms with Crippen LogP contribution in [0.1, 0.15) is 10.4 Å². The van der Waals surface area contributed by atoms with E-state index in [-0.39, 0.29) is 39.7 Å². The van der Waals surface area contributed by atoms with E-state index >= 15 is 0 Å². The molecule has 9 heteroatoms. The number of pyridine rings is 1. The number of nitrogens with one attached hydrogen (secondary N) is 1. The molecule has 2 heterocycles. The van der Waals surface area contributed by atoms with Crippen LogP contribution in [0.3, 0.4) is 0 Å². The maximum atomic E-state index is 14.4. The fourth-order valence-electron chi connectivity index (χ4n) is 3.91. The number of hydrogen-bond acceptors (Lipinski definition) is 4. The summed E-state index contributed by atoms with van der Waals surface area (Å²) in [5.41, 5.74) is -0.290. The third-order valence-electron chi connectivity index (χ3n) is 5.41. The fraction of sp³-hybridized carbons (Fsp3) is 0.273. The Kier molecular flexibility index (Phi) is 5.88. The molecule has 1 aliphatic rings. The normalized spacial score (nSPS) is 19.2. The smallest absolute Gasteiger partial charge is 0.251 e. The van der Waals surface area contributed by atoms with E-state index in [1.807, 2.05) is 11.9 Å². The van der Waals surface area contributed by atoms with Gasteiger partial charge in [-0.25, -0.2) is 13.2 Å². The molecular formula is C22H19ClF3N3O2. The number of likely N-dealkylation sites (N-methyl/N-ethyl adjacent to an activating group) is 1. The summed E-state index contributed by atoms with van der Waals surface area (Å²) in [4.78, 5) is 19.0. The molecule has 5 nitrogen and oxygen atoms in total. The van der Waals surface area contributed by atoms with E-state index in [0.717, 1.165) is 0 Å². The van der Waals surface area contributed by atoms with Gasteiger partial charge in [0.05, 0.1) is 28.4 Å². The van der Waals surface area contributed by atoms with Gasteiger partial charge in [0.1, 0.15) is 17.5 Å². The predicted octanol–water partition coefficient (Wildman–Crippen LogP) is 4.03. The average Bonchev–Trinajstić information content (AvgIpc) is 3.07. The minimum Gasteiger partial charge on any atom is -0.378 e. The lowest BCUT2D eigenvalue weighted by atomic mass is 10.0. The van der Waals surface area contributed by atoms with Crippen molar-refractivity contribution >= 4 is 28.3 Å². The van der Waals surface area contributed by atoms with Gasteiger partial charge in [0.2, 0.25) is 0 Å². The zero-order valence-corrected chi connectivity index (χ0v) is 17.5. The molecule has 31 heavy (non-hydrogen) atoms. The van der Waals surface area contributed by atoms with E-state index in [4.69, 9.17) is 16.3 Å². The highest BCUT2D eigenvalue weighted by atomic mass is 35.5. The molecule has 2 atom stereocenters. The first kappa shape index (κ1) is 21.5. The number of amides is 1. The van der Waals surface area contributed by atoms with Crippen molar-refractivity contribution in [3.8, 4) is 11.3 Å². The Morgan fingerprint density at radius 2 is 1.87 bits per heavy atom. The van der Waals surface area contributed by atoms with Crippen molar-refractivity contribution in [2.24, 2.45) is 0 Å². The molecule has 0 bridgehead atoms. The number of aromatic nitrogens is 1. The number of likely N-dealkylation sites (tertiary alicyclic amines) is 1. The molecule has 0 spiro atoms. The second kappa shape index (κ2) is 8.45. The standard InChI is InChI=1S/C22H19ClF3N3O2/c1-29-9-18(19(10-29)31-2)28-22(30)11-3-4-13-14(5-11)21(27-8-15(13)23)20-16(25)6-12(24)7-17(20)26/h3-8,18-19H,9-10H2,1-2H3,(H,28,30)/t18-,19-/m0/s1. The van der Waals surface area contributed by atoms with Gasteiger partial charge in [-0.2, -0.15) is 0 Å². The van der Waals surface area contributed by atoms with Crippen LogP contribution in [0.5, 0.6) is 0 Å². The molecular weight excluding hydrogens is 431 g/mol. The molecule has 1 saturated heterocycles. The van der Waals surface area contributed by atoms with Gasteiger partial charge >= 0.3 is 0 Å². The van der Waals surface area contributed by atoms with E-state index in [2.05, 4.69) is 10.3 Å². The quantitative estimate of drug-likeness (QED) is 0.653. The Morgan fingerprint density at radius 3 is 2.55 bits per heavy atom. The van der Waals surface area contributed by atoms with Crippen molar-refractivity contribution in [3.63, 3.8) is 0 Å². The molecule has 4 rings (SSSR count). The Hall–Kier alpha value is -2.68. The highest BCUT2D eigenvalue weighted by Crippen LogP contribution is 2.34. The van der Waals surface area contributed by atoms with Crippen LogP contribution in [0.4, 0.5) is 13.2 Å². The molecule has 162 valence electrons. The van der Waals surface area contributed by atoms with Gasteiger partial charge in [-0.1, -0.05) is 17.7 Å². The summed E-state index contributed by atoms with van der Waals surface area (Å²) < 4.78 is 47.6. The Morgan fingerprint density at radius 1 is 1.16 bits per heavy atom. The first-order chi connectivity index (χ1) is 14.8. The first-order valence-electron chi connectivity index (χ1n) is 9.54. The minimum atomic E-state index is -1.10. The lowest BCUT2D eigenvalue weighted by Gasteiger charge is -2.19. The third-order valence-corrected chi connectivity index (χ3v) is 5.71. The molecule has 1 fully saturated rings.